The molecule has 0 saturated carbocycles. The van der Waals surface area contributed by atoms with E-state index in [1.165, 1.54) is 41.5 Å². The molecular weight excluding hydrogens is 370 g/mol. The number of carbonyl (C=O) groups excluding carboxylic acids is 1. The predicted molar refractivity (Wildman–Crippen MR) is 124 cm³/mol. The van der Waals surface area contributed by atoms with Crippen LogP contribution >= 0.6 is 0 Å². The van der Waals surface area contributed by atoms with Gasteiger partial charge in [0, 0.05) is 67.7 Å². The Labute approximate surface area is 179 Å². The molecule has 2 aromatic carbocycles. The summed E-state index contributed by atoms with van der Waals surface area (Å²) in [4.78, 5) is 17.2. The molecule has 0 N–H and O–H groups in total. The molecule has 1 fully saturated rings. The first-order valence-corrected chi connectivity index (χ1v) is 11.5. The fourth-order valence-electron chi connectivity index (χ4n) is 5.11. The van der Waals surface area contributed by atoms with Crippen molar-refractivity contribution >= 4 is 22.2 Å². The van der Waals surface area contributed by atoms with Crippen LogP contribution in [0, 0.1) is 0 Å². The van der Waals surface area contributed by atoms with Crippen LogP contribution in [0.15, 0.2) is 54.7 Å². The molecule has 0 unspecified atom stereocenters. The van der Waals surface area contributed by atoms with Crippen LogP contribution in [-0.2, 0) is 13.0 Å². The van der Waals surface area contributed by atoms with Crippen molar-refractivity contribution in [1.29, 1.82) is 0 Å². The molecule has 0 bridgehead atoms. The Morgan fingerprint density at radius 2 is 1.60 bits per heavy atom. The summed E-state index contributed by atoms with van der Waals surface area (Å²) in [6, 6.07) is 17.4. The molecule has 4 nitrogen and oxygen atoms in total. The minimum atomic E-state index is 0.332. The van der Waals surface area contributed by atoms with E-state index in [9.17, 15) is 4.79 Å². The largest absolute Gasteiger partial charge is 0.368 e. The normalized spacial score (nSPS) is 17.5. The second-order valence-electron chi connectivity index (χ2n) is 8.68. The molecule has 0 spiro atoms. The van der Waals surface area contributed by atoms with Gasteiger partial charge in [0.25, 0.3) is 0 Å². The second kappa shape index (κ2) is 8.65. The lowest BCUT2D eigenvalue weighted by atomic mass is 9.97. The summed E-state index contributed by atoms with van der Waals surface area (Å²) >= 11 is 0. The van der Waals surface area contributed by atoms with Crippen LogP contribution in [0.1, 0.15) is 41.7 Å². The number of benzene rings is 2. The Hall–Kier alpha value is -2.59. The van der Waals surface area contributed by atoms with Gasteiger partial charge in [0.15, 0.2) is 5.78 Å². The Balaban J connectivity index is 1.10. The first kappa shape index (κ1) is 19.4. The van der Waals surface area contributed by atoms with Crippen LogP contribution in [0.4, 0.5) is 5.69 Å². The van der Waals surface area contributed by atoms with Gasteiger partial charge in [0.2, 0.25) is 0 Å². The molecule has 3 aromatic rings. The maximum absolute atomic E-state index is 12.0. The number of aryl methyl sites for hydroxylation is 1. The zero-order chi connectivity index (χ0) is 20.3. The monoisotopic (exact) mass is 401 g/mol. The van der Waals surface area contributed by atoms with Gasteiger partial charge < -0.3 is 9.47 Å². The molecule has 2 heterocycles. The van der Waals surface area contributed by atoms with Gasteiger partial charge in [-0.25, -0.2) is 0 Å². The molecule has 0 radical (unpaired) electrons. The van der Waals surface area contributed by atoms with Crippen LogP contribution in [0.5, 0.6) is 0 Å². The van der Waals surface area contributed by atoms with Gasteiger partial charge in [-0.2, -0.15) is 0 Å². The van der Waals surface area contributed by atoms with Crippen LogP contribution in [0.3, 0.4) is 0 Å². The van der Waals surface area contributed by atoms with E-state index in [0.717, 1.165) is 57.5 Å². The molecule has 2 aliphatic rings. The van der Waals surface area contributed by atoms with Gasteiger partial charge in [-0.1, -0.05) is 36.4 Å². The van der Waals surface area contributed by atoms with Gasteiger partial charge in [-0.3, -0.25) is 9.69 Å². The first-order valence-electron chi connectivity index (χ1n) is 11.5. The summed E-state index contributed by atoms with van der Waals surface area (Å²) in [5.41, 5.74) is 3.63. The second-order valence-corrected chi connectivity index (χ2v) is 8.68. The van der Waals surface area contributed by atoms with Gasteiger partial charge in [-0.05, 0) is 49.7 Å². The quantitative estimate of drug-likeness (QED) is 0.558. The third-order valence-corrected chi connectivity index (χ3v) is 6.80. The average molecular weight is 402 g/mol. The Morgan fingerprint density at radius 3 is 2.50 bits per heavy atom. The smallest absolute Gasteiger partial charge is 0.164 e. The molecule has 30 heavy (non-hydrogen) atoms. The molecule has 1 aliphatic carbocycles. The highest BCUT2D eigenvalue weighted by Gasteiger charge is 2.21. The number of piperazine rings is 1. The van der Waals surface area contributed by atoms with Crippen LogP contribution in [-0.4, -0.2) is 48.0 Å². The first-order chi connectivity index (χ1) is 14.8. The molecule has 5 rings (SSSR count). The lowest BCUT2D eigenvalue weighted by Gasteiger charge is -2.36. The van der Waals surface area contributed by atoms with Gasteiger partial charge in [-0.15, -0.1) is 0 Å². The van der Waals surface area contributed by atoms with Crippen molar-refractivity contribution in [2.45, 2.75) is 38.6 Å². The lowest BCUT2D eigenvalue weighted by molar-refractivity contribution is 0.0971. The minimum Gasteiger partial charge on any atom is -0.368 e. The third-order valence-electron chi connectivity index (χ3n) is 6.80. The summed E-state index contributed by atoms with van der Waals surface area (Å²) in [6.45, 7) is 6.68. The minimum absolute atomic E-state index is 0.332. The number of Topliss-reactive ketones (excluding diaryl/α,β-unsaturated/α-hetero) is 1. The highest BCUT2D eigenvalue weighted by atomic mass is 16.1. The number of hydrogen-bond acceptors (Lipinski definition) is 3. The van der Waals surface area contributed by atoms with Gasteiger partial charge in [0.05, 0.1) is 0 Å². The zero-order valence-electron chi connectivity index (χ0n) is 17.7. The SMILES string of the molecule is O=C1CCCc2c1ccn2CCCCN1CCN(c2cccc3ccccc23)CC1. The van der Waals surface area contributed by atoms with E-state index in [4.69, 9.17) is 0 Å². The molecular formula is C26H31N3O. The maximum atomic E-state index is 12.0. The van der Waals surface area contributed by atoms with E-state index in [-0.39, 0.29) is 0 Å². The van der Waals surface area contributed by atoms with Crippen LogP contribution < -0.4 is 4.90 Å². The van der Waals surface area contributed by atoms with E-state index < -0.39 is 0 Å². The van der Waals surface area contributed by atoms with Crippen molar-refractivity contribution in [3.05, 3.63) is 66.0 Å². The summed E-state index contributed by atoms with van der Waals surface area (Å²) in [6.07, 6.45) is 7.31. The van der Waals surface area contributed by atoms with Crippen molar-refractivity contribution in [1.82, 2.24) is 9.47 Å². The van der Waals surface area contributed by atoms with Crippen molar-refractivity contribution in [3.8, 4) is 0 Å². The van der Waals surface area contributed by atoms with E-state index in [2.05, 4.69) is 63.0 Å². The Kier molecular flexibility index (Phi) is 5.58. The van der Waals surface area contributed by atoms with Crippen molar-refractivity contribution < 1.29 is 4.79 Å². The highest BCUT2D eigenvalue weighted by Crippen LogP contribution is 2.27. The number of nitrogens with zero attached hydrogens (tertiary/aromatic N) is 3. The number of unbranched alkanes of at least 4 members (excludes halogenated alkanes) is 1. The third kappa shape index (κ3) is 3.89. The zero-order valence-corrected chi connectivity index (χ0v) is 17.7. The Morgan fingerprint density at radius 1 is 0.800 bits per heavy atom. The lowest BCUT2D eigenvalue weighted by Crippen LogP contribution is -2.46. The summed E-state index contributed by atoms with van der Waals surface area (Å²) in [7, 11) is 0. The van der Waals surface area contributed by atoms with Crippen molar-refractivity contribution in [2.75, 3.05) is 37.6 Å². The van der Waals surface area contributed by atoms with E-state index in [0.29, 0.717) is 5.78 Å². The molecule has 4 heteroatoms. The number of hydrogen-bond donors (Lipinski definition) is 0. The number of rotatable bonds is 6. The number of aromatic nitrogens is 1. The maximum Gasteiger partial charge on any atom is 0.164 e. The summed E-state index contributed by atoms with van der Waals surface area (Å²) < 4.78 is 2.32. The van der Waals surface area contributed by atoms with Crippen molar-refractivity contribution in [2.24, 2.45) is 0 Å². The fourth-order valence-corrected chi connectivity index (χ4v) is 5.11. The molecule has 0 atom stereocenters. The van der Waals surface area contributed by atoms with Crippen LogP contribution in [0.2, 0.25) is 0 Å². The van der Waals surface area contributed by atoms with E-state index in [1.807, 2.05) is 6.07 Å². The number of fused-ring (bicyclic) bond motifs is 2. The van der Waals surface area contributed by atoms with E-state index in [1.54, 1.807) is 0 Å². The molecule has 1 aromatic heterocycles. The number of anilines is 1. The molecule has 156 valence electrons. The molecule has 1 saturated heterocycles. The predicted octanol–water partition coefficient (Wildman–Crippen LogP) is 4.76. The van der Waals surface area contributed by atoms with Gasteiger partial charge >= 0.3 is 0 Å². The van der Waals surface area contributed by atoms with Crippen LogP contribution in [0.25, 0.3) is 10.8 Å². The highest BCUT2D eigenvalue weighted by molar-refractivity contribution is 5.98. The fraction of sp³-hybridized carbons (Fsp3) is 0.423. The average Bonchev–Trinajstić information content (AvgIpc) is 3.21. The molecule has 1 aliphatic heterocycles. The topological polar surface area (TPSA) is 28.5 Å². The van der Waals surface area contributed by atoms with E-state index >= 15 is 0 Å². The Bertz CT molecular complexity index is 1020. The summed E-state index contributed by atoms with van der Waals surface area (Å²) in [5, 5.41) is 2.69. The summed E-state index contributed by atoms with van der Waals surface area (Å²) in [5.74, 6) is 0.332. The van der Waals surface area contributed by atoms with Gasteiger partial charge in [0.1, 0.15) is 0 Å². The number of ketones is 1. The number of carbonyl (C=O) groups is 1. The standard InChI is InChI=1S/C26H31N3O/c30-26-12-6-11-25-23(26)13-16-28(25)15-4-3-14-27-17-19-29(20-18-27)24-10-5-8-21-7-1-2-9-22(21)24/h1-2,5,7-10,13,16H,3-4,6,11-12,14-15,17-20H2. The molecule has 0 amide bonds. The van der Waals surface area contributed by atoms with Crippen molar-refractivity contribution in [3.63, 3.8) is 0 Å².